The molecule has 22 heavy (non-hydrogen) atoms. The van der Waals surface area contributed by atoms with Crippen LogP contribution in [0.4, 0.5) is 0 Å². The fraction of sp³-hybridized carbons (Fsp3) is 0.105. The lowest BCUT2D eigenvalue weighted by Gasteiger charge is -1.94. The van der Waals surface area contributed by atoms with Crippen molar-refractivity contribution >= 4 is 34.5 Å². The Kier molecular flexibility index (Phi) is 4.36. The summed E-state index contributed by atoms with van der Waals surface area (Å²) >= 11 is 3.58. The molecule has 1 nitrogen and oxygen atoms in total. The smallest absolute Gasteiger partial charge is 0.185 e. The molecule has 0 unspecified atom stereocenters. The Labute approximate surface area is 138 Å². The minimum absolute atomic E-state index is 0.0414. The molecule has 0 aliphatic heterocycles. The van der Waals surface area contributed by atoms with Crippen molar-refractivity contribution in [3.05, 3.63) is 75.5 Å². The molecule has 0 amide bonds. The first kappa shape index (κ1) is 14.9. The Morgan fingerprint density at radius 1 is 0.955 bits per heavy atom. The van der Waals surface area contributed by atoms with Crippen LogP contribution in [0.15, 0.2) is 54.6 Å². The molecule has 0 aliphatic rings. The van der Waals surface area contributed by atoms with Gasteiger partial charge in [0.2, 0.25) is 0 Å². The van der Waals surface area contributed by atoms with Gasteiger partial charge in [-0.2, -0.15) is 0 Å². The Bertz CT molecular complexity index is 822. The Balaban J connectivity index is 1.82. The van der Waals surface area contributed by atoms with Gasteiger partial charge in [0.25, 0.3) is 0 Å². The molecular formula is C19H16OS2. The average Bonchev–Trinajstić information content (AvgIpc) is 3.12. The number of aryl methyl sites for hydroxylation is 2. The molecular weight excluding hydrogens is 308 g/mol. The minimum Gasteiger partial charge on any atom is -0.289 e. The largest absolute Gasteiger partial charge is 0.289 e. The summed E-state index contributed by atoms with van der Waals surface area (Å²) in [6, 6.07) is 15.8. The Morgan fingerprint density at radius 3 is 2.41 bits per heavy atom. The molecule has 0 spiro atoms. The van der Waals surface area contributed by atoms with Gasteiger partial charge in [0.1, 0.15) is 0 Å². The number of ketones is 1. The summed E-state index contributed by atoms with van der Waals surface area (Å²) < 4.78 is 0. The van der Waals surface area contributed by atoms with Crippen LogP contribution in [0.3, 0.4) is 0 Å². The van der Waals surface area contributed by atoms with Gasteiger partial charge < -0.3 is 0 Å². The highest BCUT2D eigenvalue weighted by molar-refractivity contribution is 7.22. The normalized spacial score (nSPS) is 11.2. The van der Waals surface area contributed by atoms with Crippen LogP contribution in [0.1, 0.15) is 25.7 Å². The zero-order valence-corrected chi connectivity index (χ0v) is 14.1. The number of carbonyl (C=O) groups excluding carboxylic acids is 1. The Hall–Kier alpha value is -1.97. The lowest BCUT2D eigenvalue weighted by atomic mass is 10.1. The lowest BCUT2D eigenvalue weighted by Crippen LogP contribution is -1.92. The van der Waals surface area contributed by atoms with E-state index in [0.29, 0.717) is 0 Å². The van der Waals surface area contributed by atoms with Crippen LogP contribution in [-0.4, -0.2) is 5.78 Å². The maximum atomic E-state index is 12.1. The average molecular weight is 324 g/mol. The minimum atomic E-state index is 0.0414. The van der Waals surface area contributed by atoms with Crippen LogP contribution in [0.5, 0.6) is 0 Å². The second kappa shape index (κ2) is 6.42. The molecule has 0 atom stereocenters. The molecule has 0 N–H and O–H groups in total. The number of thiophene rings is 2. The highest BCUT2D eigenvalue weighted by Crippen LogP contribution is 2.35. The number of allylic oxidation sites excluding steroid dienone is 1. The van der Waals surface area contributed by atoms with Crippen LogP contribution >= 0.6 is 22.7 Å². The van der Waals surface area contributed by atoms with Crippen molar-refractivity contribution in [1.82, 2.24) is 0 Å². The predicted molar refractivity (Wildman–Crippen MR) is 96.9 cm³/mol. The number of benzene rings is 1. The SMILES string of the molecule is Cc1ccc(-c2cc(/C=C/C(=O)c3ccccc3)c(C)s2)s1. The third-order valence-corrected chi connectivity index (χ3v) is 5.67. The molecule has 0 radical (unpaired) electrons. The highest BCUT2D eigenvalue weighted by atomic mass is 32.1. The molecule has 0 fully saturated rings. The molecule has 2 aromatic heterocycles. The van der Waals surface area contributed by atoms with Gasteiger partial charge in [-0.1, -0.05) is 30.3 Å². The standard InChI is InChI=1S/C19H16OS2/c1-13-8-11-18(21-13)19-12-16(14(2)22-19)9-10-17(20)15-6-4-3-5-7-15/h3-12H,1-2H3/b10-9+. The van der Waals surface area contributed by atoms with Gasteiger partial charge >= 0.3 is 0 Å². The van der Waals surface area contributed by atoms with E-state index in [-0.39, 0.29) is 5.78 Å². The van der Waals surface area contributed by atoms with Crippen LogP contribution in [0.25, 0.3) is 15.8 Å². The zero-order valence-electron chi connectivity index (χ0n) is 12.5. The van der Waals surface area contributed by atoms with E-state index < -0.39 is 0 Å². The van der Waals surface area contributed by atoms with E-state index in [1.54, 1.807) is 28.7 Å². The predicted octanol–water partition coefficient (Wildman–Crippen LogP) is 5.99. The zero-order chi connectivity index (χ0) is 15.5. The van der Waals surface area contributed by atoms with E-state index in [9.17, 15) is 4.79 Å². The fourth-order valence-corrected chi connectivity index (χ4v) is 4.17. The van der Waals surface area contributed by atoms with Crippen molar-refractivity contribution in [2.24, 2.45) is 0 Å². The number of carbonyl (C=O) groups is 1. The highest BCUT2D eigenvalue weighted by Gasteiger charge is 2.08. The molecule has 3 heteroatoms. The maximum Gasteiger partial charge on any atom is 0.185 e. The molecule has 1 aromatic carbocycles. The van der Waals surface area contributed by atoms with E-state index in [1.165, 1.54) is 19.5 Å². The third-order valence-electron chi connectivity index (χ3n) is 3.41. The van der Waals surface area contributed by atoms with Crippen molar-refractivity contribution in [3.8, 4) is 9.75 Å². The third kappa shape index (κ3) is 3.26. The summed E-state index contributed by atoms with van der Waals surface area (Å²) in [5.41, 5.74) is 1.84. The molecule has 0 bridgehead atoms. The molecule has 0 saturated carbocycles. The van der Waals surface area contributed by atoms with Crippen LogP contribution in [0, 0.1) is 13.8 Å². The van der Waals surface area contributed by atoms with Crippen molar-refractivity contribution < 1.29 is 4.79 Å². The second-order valence-corrected chi connectivity index (χ2v) is 7.64. The van der Waals surface area contributed by atoms with Crippen molar-refractivity contribution in [3.63, 3.8) is 0 Å². The van der Waals surface area contributed by atoms with Crippen molar-refractivity contribution in [2.75, 3.05) is 0 Å². The molecule has 3 aromatic rings. The first-order valence-corrected chi connectivity index (χ1v) is 8.71. The monoisotopic (exact) mass is 324 g/mol. The van der Waals surface area contributed by atoms with Gasteiger partial charge in [-0.15, -0.1) is 22.7 Å². The fourth-order valence-electron chi connectivity index (χ4n) is 2.21. The Morgan fingerprint density at radius 2 is 1.73 bits per heavy atom. The van der Waals surface area contributed by atoms with Gasteiger partial charge in [-0.05, 0) is 49.8 Å². The van der Waals surface area contributed by atoms with Crippen LogP contribution in [-0.2, 0) is 0 Å². The van der Waals surface area contributed by atoms with E-state index >= 15 is 0 Å². The molecule has 0 saturated heterocycles. The molecule has 0 aliphatic carbocycles. The van der Waals surface area contributed by atoms with E-state index in [0.717, 1.165) is 11.1 Å². The number of hydrogen-bond acceptors (Lipinski definition) is 3. The molecule has 3 rings (SSSR count). The van der Waals surface area contributed by atoms with E-state index in [4.69, 9.17) is 0 Å². The maximum absolute atomic E-state index is 12.1. The summed E-state index contributed by atoms with van der Waals surface area (Å²) in [7, 11) is 0. The lowest BCUT2D eigenvalue weighted by molar-refractivity contribution is 0.104. The summed E-state index contributed by atoms with van der Waals surface area (Å²) in [4.78, 5) is 17.2. The van der Waals surface area contributed by atoms with Gasteiger partial charge in [0.15, 0.2) is 5.78 Å². The van der Waals surface area contributed by atoms with Crippen molar-refractivity contribution in [2.45, 2.75) is 13.8 Å². The number of hydrogen-bond donors (Lipinski definition) is 0. The van der Waals surface area contributed by atoms with E-state index in [2.05, 4.69) is 32.0 Å². The van der Waals surface area contributed by atoms with Gasteiger partial charge in [-0.3, -0.25) is 4.79 Å². The summed E-state index contributed by atoms with van der Waals surface area (Å²) in [6.45, 7) is 4.22. The first-order chi connectivity index (χ1) is 10.6. The van der Waals surface area contributed by atoms with Crippen LogP contribution in [0.2, 0.25) is 0 Å². The molecule has 110 valence electrons. The van der Waals surface area contributed by atoms with Gasteiger partial charge in [0, 0.05) is 25.1 Å². The van der Waals surface area contributed by atoms with Crippen LogP contribution < -0.4 is 0 Å². The quantitative estimate of drug-likeness (QED) is 0.425. The van der Waals surface area contributed by atoms with Gasteiger partial charge in [-0.25, -0.2) is 0 Å². The number of rotatable bonds is 4. The second-order valence-electron chi connectivity index (χ2n) is 5.10. The summed E-state index contributed by atoms with van der Waals surface area (Å²) in [6.07, 6.45) is 3.58. The van der Waals surface area contributed by atoms with E-state index in [1.807, 2.05) is 36.4 Å². The first-order valence-electron chi connectivity index (χ1n) is 7.08. The molecule has 2 heterocycles. The van der Waals surface area contributed by atoms with Gasteiger partial charge in [0.05, 0.1) is 0 Å². The van der Waals surface area contributed by atoms with Crippen molar-refractivity contribution in [1.29, 1.82) is 0 Å². The summed E-state index contributed by atoms with van der Waals surface area (Å²) in [5.74, 6) is 0.0414. The topological polar surface area (TPSA) is 17.1 Å². The summed E-state index contributed by atoms with van der Waals surface area (Å²) in [5, 5.41) is 0.